The highest BCUT2D eigenvalue weighted by Gasteiger charge is 2.09. The molecule has 0 radical (unpaired) electrons. The van der Waals surface area contributed by atoms with Crippen LogP contribution in [0.1, 0.15) is 36.7 Å². The molecule has 0 aliphatic rings. The average molecular weight is 234 g/mol. The minimum atomic E-state index is -0.319. The Morgan fingerprint density at radius 3 is 2.65 bits per heavy atom. The zero-order valence-corrected chi connectivity index (χ0v) is 10.7. The Labute approximate surface area is 101 Å². The number of furan rings is 1. The van der Waals surface area contributed by atoms with Crippen molar-refractivity contribution in [2.75, 3.05) is 7.11 Å². The number of fused-ring (bicyclic) bond motifs is 1. The second kappa shape index (κ2) is 6.09. The van der Waals surface area contributed by atoms with Gasteiger partial charge in [0.1, 0.15) is 5.58 Å². The monoisotopic (exact) mass is 234 g/mol. The third-order valence-corrected chi connectivity index (χ3v) is 2.46. The molecule has 1 heterocycles. The van der Waals surface area contributed by atoms with Gasteiger partial charge in [0, 0.05) is 5.39 Å². The third kappa shape index (κ3) is 2.67. The van der Waals surface area contributed by atoms with Crippen LogP contribution in [-0.4, -0.2) is 13.1 Å². The van der Waals surface area contributed by atoms with Crippen molar-refractivity contribution in [2.45, 2.75) is 27.2 Å². The predicted octanol–water partition coefficient (Wildman–Crippen LogP) is 3.81. The second-order valence-electron chi connectivity index (χ2n) is 3.32. The van der Waals surface area contributed by atoms with Crippen molar-refractivity contribution in [1.29, 1.82) is 0 Å². The molecular weight excluding hydrogens is 216 g/mol. The van der Waals surface area contributed by atoms with Gasteiger partial charge in [-0.2, -0.15) is 0 Å². The van der Waals surface area contributed by atoms with Crippen LogP contribution in [0.3, 0.4) is 0 Å². The Balaban J connectivity index is 0.000000686. The van der Waals surface area contributed by atoms with Gasteiger partial charge in [0.2, 0.25) is 0 Å². The Morgan fingerprint density at radius 2 is 2.06 bits per heavy atom. The first-order chi connectivity index (χ1) is 8.26. The first kappa shape index (κ1) is 13.3. The van der Waals surface area contributed by atoms with Crippen LogP contribution in [0.4, 0.5) is 0 Å². The third-order valence-electron chi connectivity index (χ3n) is 2.46. The molecule has 17 heavy (non-hydrogen) atoms. The lowest BCUT2D eigenvalue weighted by Crippen LogP contribution is -2.00. The van der Waals surface area contributed by atoms with Crippen molar-refractivity contribution < 1.29 is 13.9 Å². The molecule has 0 aliphatic heterocycles. The topological polar surface area (TPSA) is 39.4 Å². The summed E-state index contributed by atoms with van der Waals surface area (Å²) in [5.41, 5.74) is 2.47. The molecule has 0 unspecified atom stereocenters. The van der Waals surface area contributed by atoms with E-state index in [1.165, 1.54) is 7.11 Å². The van der Waals surface area contributed by atoms with Crippen molar-refractivity contribution in [3.8, 4) is 0 Å². The van der Waals surface area contributed by atoms with Crippen LogP contribution in [0.5, 0.6) is 0 Å². The molecule has 0 bridgehead atoms. The summed E-state index contributed by atoms with van der Waals surface area (Å²) >= 11 is 0. The number of benzene rings is 1. The number of ether oxygens (including phenoxy) is 1. The van der Waals surface area contributed by atoms with Crippen molar-refractivity contribution in [3.63, 3.8) is 0 Å². The summed E-state index contributed by atoms with van der Waals surface area (Å²) in [6, 6.07) is 5.31. The van der Waals surface area contributed by atoms with E-state index in [2.05, 4.69) is 11.7 Å². The molecule has 0 aliphatic carbocycles. The fourth-order valence-electron chi connectivity index (χ4n) is 1.60. The molecule has 0 amide bonds. The molecule has 0 fully saturated rings. The van der Waals surface area contributed by atoms with Gasteiger partial charge in [-0.15, -0.1) is 0 Å². The van der Waals surface area contributed by atoms with E-state index >= 15 is 0 Å². The summed E-state index contributed by atoms with van der Waals surface area (Å²) in [4.78, 5) is 11.3. The first-order valence-electron chi connectivity index (χ1n) is 5.84. The van der Waals surface area contributed by atoms with E-state index in [0.29, 0.717) is 5.56 Å². The van der Waals surface area contributed by atoms with Crippen molar-refractivity contribution >= 4 is 16.9 Å². The molecule has 92 valence electrons. The van der Waals surface area contributed by atoms with Crippen LogP contribution in [0.2, 0.25) is 0 Å². The lowest BCUT2D eigenvalue weighted by Gasteiger charge is -1.99. The predicted molar refractivity (Wildman–Crippen MR) is 68.3 cm³/mol. The fraction of sp³-hybridized carbons (Fsp3) is 0.357. The Kier molecular flexibility index (Phi) is 4.76. The molecular formula is C14H18O3. The number of carbonyl (C=O) groups is 1. The summed E-state index contributed by atoms with van der Waals surface area (Å²) in [7, 11) is 1.38. The van der Waals surface area contributed by atoms with E-state index in [0.717, 1.165) is 23.0 Å². The largest absolute Gasteiger partial charge is 0.465 e. The van der Waals surface area contributed by atoms with Crippen molar-refractivity contribution in [2.24, 2.45) is 0 Å². The highest BCUT2D eigenvalue weighted by molar-refractivity contribution is 5.95. The van der Waals surface area contributed by atoms with Crippen molar-refractivity contribution in [3.05, 3.63) is 35.6 Å². The number of aryl methyl sites for hydroxylation is 1. The number of rotatable bonds is 2. The number of esters is 1. The Bertz CT molecular complexity index is 497. The maximum Gasteiger partial charge on any atom is 0.337 e. The highest BCUT2D eigenvalue weighted by Crippen LogP contribution is 2.23. The van der Waals surface area contributed by atoms with Gasteiger partial charge in [-0.3, -0.25) is 0 Å². The molecule has 0 atom stereocenters. The Hall–Kier alpha value is -1.77. The molecule has 1 aromatic heterocycles. The van der Waals surface area contributed by atoms with Gasteiger partial charge in [0.15, 0.2) is 0 Å². The number of hydrogen-bond donors (Lipinski definition) is 0. The number of carbonyl (C=O) groups excluding carboxylic acids is 1. The SMILES string of the molecule is CC.CCc1coc2ccc(C(=O)OC)cc12. The van der Waals surface area contributed by atoms with Crippen LogP contribution < -0.4 is 0 Å². The quantitative estimate of drug-likeness (QED) is 0.742. The van der Waals surface area contributed by atoms with Crippen molar-refractivity contribution in [1.82, 2.24) is 0 Å². The van der Waals surface area contributed by atoms with Gasteiger partial charge < -0.3 is 9.15 Å². The molecule has 0 spiro atoms. The number of methoxy groups -OCH3 is 1. The molecule has 2 rings (SSSR count). The zero-order chi connectivity index (χ0) is 12.8. The maximum absolute atomic E-state index is 11.3. The lowest BCUT2D eigenvalue weighted by molar-refractivity contribution is 0.0601. The van der Waals surface area contributed by atoms with Gasteiger partial charge in [-0.25, -0.2) is 4.79 Å². The lowest BCUT2D eigenvalue weighted by atomic mass is 10.1. The van der Waals surface area contributed by atoms with Crippen LogP contribution in [-0.2, 0) is 11.2 Å². The highest BCUT2D eigenvalue weighted by atomic mass is 16.5. The standard InChI is InChI=1S/C12H12O3.C2H6/c1-3-8-7-15-11-5-4-9(6-10(8)11)12(13)14-2;1-2/h4-7H,3H2,1-2H3;1-2H3. The smallest absolute Gasteiger partial charge is 0.337 e. The minimum Gasteiger partial charge on any atom is -0.465 e. The Morgan fingerprint density at radius 1 is 1.35 bits per heavy atom. The minimum absolute atomic E-state index is 0.319. The first-order valence-corrected chi connectivity index (χ1v) is 5.84. The molecule has 0 saturated carbocycles. The van der Waals surface area contributed by atoms with E-state index in [1.807, 2.05) is 19.9 Å². The van der Waals surface area contributed by atoms with Crippen LogP contribution in [0.25, 0.3) is 11.0 Å². The molecule has 2 aromatic rings. The zero-order valence-electron chi connectivity index (χ0n) is 10.7. The van der Waals surface area contributed by atoms with Crippen LogP contribution >= 0.6 is 0 Å². The van der Waals surface area contributed by atoms with E-state index in [-0.39, 0.29) is 5.97 Å². The number of hydrogen-bond acceptors (Lipinski definition) is 3. The fourth-order valence-corrected chi connectivity index (χ4v) is 1.60. The van der Waals surface area contributed by atoms with Gasteiger partial charge in [-0.1, -0.05) is 20.8 Å². The summed E-state index contributed by atoms with van der Waals surface area (Å²) in [5, 5.41) is 0.986. The van der Waals surface area contributed by atoms with E-state index < -0.39 is 0 Å². The van der Waals surface area contributed by atoms with Crippen LogP contribution in [0.15, 0.2) is 28.9 Å². The molecule has 3 nitrogen and oxygen atoms in total. The molecule has 1 aromatic carbocycles. The average Bonchev–Trinajstić information content (AvgIpc) is 2.82. The summed E-state index contributed by atoms with van der Waals surface area (Å²) in [6.07, 6.45) is 2.61. The normalized spacial score (nSPS) is 9.65. The molecule has 0 N–H and O–H groups in total. The summed E-state index contributed by atoms with van der Waals surface area (Å²) < 4.78 is 10.0. The van der Waals surface area contributed by atoms with E-state index in [4.69, 9.17) is 4.42 Å². The van der Waals surface area contributed by atoms with Gasteiger partial charge in [-0.05, 0) is 30.2 Å². The van der Waals surface area contributed by atoms with Gasteiger partial charge in [0.05, 0.1) is 18.9 Å². The van der Waals surface area contributed by atoms with E-state index in [9.17, 15) is 4.79 Å². The van der Waals surface area contributed by atoms with E-state index in [1.54, 1.807) is 18.4 Å². The summed E-state index contributed by atoms with van der Waals surface area (Å²) in [5.74, 6) is -0.319. The summed E-state index contributed by atoms with van der Waals surface area (Å²) in [6.45, 7) is 6.05. The van der Waals surface area contributed by atoms with Crippen LogP contribution in [0, 0.1) is 0 Å². The van der Waals surface area contributed by atoms with Gasteiger partial charge in [0.25, 0.3) is 0 Å². The second-order valence-corrected chi connectivity index (χ2v) is 3.32. The van der Waals surface area contributed by atoms with Gasteiger partial charge >= 0.3 is 5.97 Å². The molecule has 0 saturated heterocycles. The molecule has 3 heteroatoms. The maximum atomic E-state index is 11.3.